The molecular weight excluding hydrogens is 658 g/mol. The highest BCUT2D eigenvalue weighted by Crippen LogP contribution is 2.70. The number of ether oxygens (including phenoxy) is 5. The Morgan fingerprint density at radius 3 is 2.31 bits per heavy atom. The third-order valence-electron chi connectivity index (χ3n) is 15.8. The van der Waals surface area contributed by atoms with Crippen molar-refractivity contribution in [2.45, 2.75) is 172 Å². The van der Waals surface area contributed by atoms with Crippen molar-refractivity contribution in [3.8, 4) is 0 Å². The number of aliphatic hydroxyl groups is 6. The van der Waals surface area contributed by atoms with Gasteiger partial charge in [-0.05, 0) is 105 Å². The Balaban J connectivity index is 0.915. The molecule has 0 amide bonds. The maximum atomic E-state index is 11.1. The van der Waals surface area contributed by atoms with E-state index in [0.29, 0.717) is 47.0 Å². The van der Waals surface area contributed by atoms with Crippen LogP contribution in [-0.4, -0.2) is 123 Å². The van der Waals surface area contributed by atoms with Crippen molar-refractivity contribution in [1.82, 2.24) is 5.32 Å². The van der Waals surface area contributed by atoms with E-state index in [0.717, 1.165) is 38.6 Å². The molecule has 12 nitrogen and oxygen atoms in total. The summed E-state index contributed by atoms with van der Waals surface area (Å²) in [4.78, 5) is 0. The van der Waals surface area contributed by atoms with Crippen molar-refractivity contribution in [3.63, 3.8) is 0 Å². The van der Waals surface area contributed by atoms with Gasteiger partial charge in [-0.15, -0.1) is 0 Å². The summed E-state index contributed by atoms with van der Waals surface area (Å²) >= 11 is 0. The van der Waals surface area contributed by atoms with E-state index in [1.54, 1.807) is 0 Å². The van der Waals surface area contributed by atoms with Gasteiger partial charge in [-0.25, -0.2) is 0 Å². The quantitative estimate of drug-likeness (QED) is 0.206. The molecule has 4 saturated heterocycles. The Kier molecular flexibility index (Phi) is 9.83. The molecule has 8 rings (SSSR count). The van der Waals surface area contributed by atoms with E-state index in [2.05, 4.69) is 39.1 Å². The van der Waals surface area contributed by atoms with Gasteiger partial charge in [0, 0.05) is 12.5 Å². The monoisotopic (exact) mass is 721 g/mol. The number of fused-ring (bicyclic) bond motifs is 7. The van der Waals surface area contributed by atoms with Crippen molar-refractivity contribution < 1.29 is 54.3 Å². The lowest BCUT2D eigenvalue weighted by Gasteiger charge is -2.59. The highest BCUT2D eigenvalue weighted by atomic mass is 16.7. The third kappa shape index (κ3) is 5.84. The smallest absolute Gasteiger partial charge is 0.187 e. The average molecular weight is 722 g/mol. The summed E-state index contributed by atoms with van der Waals surface area (Å²) in [5.74, 6) is 3.74. The number of rotatable bonds is 5. The second-order valence-electron chi connectivity index (χ2n) is 18.4. The highest BCUT2D eigenvalue weighted by molar-refractivity contribution is 5.26. The van der Waals surface area contributed by atoms with Crippen LogP contribution in [0.5, 0.6) is 0 Å². The standard InChI is InChI=1S/C39H63NO11/c1-18-8-13-39(40-16-18)19(2)28-26(51-39)15-25-23-7-6-21-14-22(9-11-37(21,4)24(23)10-12-38(25,28)5)48-36-33(46)31(44)34(27(17-41)49-36)50-35-32(45)30(43)29(42)20(3)47-35/h6,18-20,22-36,40-46H,7-17H2,1-5H3/t18?,19-,20+,22-,23?,24?,25?,26?,27+,28?,29+,30+,31-,32+,33+,34+,35-,36+,37-,38-,39?/m0/s1. The molecule has 8 aliphatic rings. The first-order valence-electron chi connectivity index (χ1n) is 20.0. The Morgan fingerprint density at radius 1 is 0.843 bits per heavy atom. The van der Waals surface area contributed by atoms with Gasteiger partial charge in [-0.1, -0.05) is 39.3 Å². The van der Waals surface area contributed by atoms with Crippen molar-refractivity contribution >= 4 is 0 Å². The van der Waals surface area contributed by atoms with Crippen LogP contribution in [0.3, 0.4) is 0 Å². The molecule has 0 aromatic rings. The number of nitrogens with one attached hydrogen (secondary N) is 1. The molecule has 7 unspecified atom stereocenters. The summed E-state index contributed by atoms with van der Waals surface area (Å²) in [6.45, 7) is 11.9. The van der Waals surface area contributed by atoms with Crippen molar-refractivity contribution in [2.24, 2.45) is 46.3 Å². The molecule has 21 atom stereocenters. The molecule has 7 fully saturated rings. The maximum Gasteiger partial charge on any atom is 0.187 e. The van der Waals surface area contributed by atoms with Crippen LogP contribution in [0.25, 0.3) is 0 Å². The molecule has 51 heavy (non-hydrogen) atoms. The Labute approximate surface area is 302 Å². The molecule has 1 spiro atoms. The van der Waals surface area contributed by atoms with Crippen LogP contribution in [0, 0.1) is 46.3 Å². The topological polar surface area (TPSA) is 180 Å². The zero-order valence-corrected chi connectivity index (χ0v) is 31.0. The summed E-state index contributed by atoms with van der Waals surface area (Å²) in [6, 6.07) is 0. The molecule has 0 aromatic carbocycles. The minimum Gasteiger partial charge on any atom is -0.394 e. The van der Waals surface area contributed by atoms with E-state index in [9.17, 15) is 30.6 Å². The molecule has 4 aliphatic carbocycles. The van der Waals surface area contributed by atoms with Gasteiger partial charge in [0.25, 0.3) is 0 Å². The van der Waals surface area contributed by atoms with E-state index in [4.69, 9.17) is 23.7 Å². The van der Waals surface area contributed by atoms with Gasteiger partial charge in [0.1, 0.15) is 48.5 Å². The highest BCUT2D eigenvalue weighted by Gasteiger charge is 2.68. The SMILES string of the molecule is CC1CCC2(NC1)OC1CC3C4CC=C5C[C@@H](O[C@@H]6O[C@H](CO)[C@@H](O[C@@H]7O[C@H](C)[C@@H](O)[C@@H](O)[C@H]7O)[C@@H](O)[C@H]6O)CC[C@]5(C)C4CC[C@]3(C)C1[C@@H]2C. The number of hydrogen-bond acceptors (Lipinski definition) is 12. The van der Waals surface area contributed by atoms with Crippen LogP contribution in [0.4, 0.5) is 0 Å². The molecule has 12 heteroatoms. The lowest BCUT2D eigenvalue weighted by Crippen LogP contribution is -2.64. The van der Waals surface area contributed by atoms with Crippen LogP contribution in [0.2, 0.25) is 0 Å². The van der Waals surface area contributed by atoms with Gasteiger partial charge < -0.3 is 54.3 Å². The molecule has 7 N–H and O–H groups in total. The molecule has 4 heterocycles. The third-order valence-corrected chi connectivity index (χ3v) is 15.8. The van der Waals surface area contributed by atoms with Gasteiger partial charge in [-0.3, -0.25) is 5.32 Å². The van der Waals surface area contributed by atoms with E-state index < -0.39 is 68.0 Å². The summed E-state index contributed by atoms with van der Waals surface area (Å²) < 4.78 is 30.7. The summed E-state index contributed by atoms with van der Waals surface area (Å²) in [5, 5.41) is 67.0. The van der Waals surface area contributed by atoms with Gasteiger partial charge in [0.05, 0.1) is 24.9 Å². The van der Waals surface area contributed by atoms with Gasteiger partial charge >= 0.3 is 0 Å². The molecule has 0 bridgehead atoms. The first-order chi connectivity index (χ1) is 24.2. The number of piperidine rings is 1. The van der Waals surface area contributed by atoms with Crippen molar-refractivity contribution in [3.05, 3.63) is 11.6 Å². The molecule has 0 radical (unpaired) electrons. The van der Waals surface area contributed by atoms with Gasteiger partial charge in [0.2, 0.25) is 0 Å². The molecule has 4 aliphatic heterocycles. The van der Waals surface area contributed by atoms with Crippen LogP contribution in [0.1, 0.15) is 92.4 Å². The van der Waals surface area contributed by atoms with E-state index >= 15 is 0 Å². The minimum atomic E-state index is -1.60. The summed E-state index contributed by atoms with van der Waals surface area (Å²) in [5.41, 5.74) is 1.66. The number of allylic oxidation sites excluding steroid dienone is 1. The van der Waals surface area contributed by atoms with Crippen LogP contribution < -0.4 is 5.32 Å². The van der Waals surface area contributed by atoms with Gasteiger partial charge in [-0.2, -0.15) is 0 Å². The Morgan fingerprint density at radius 2 is 1.59 bits per heavy atom. The maximum absolute atomic E-state index is 11.1. The van der Waals surface area contributed by atoms with Crippen molar-refractivity contribution in [1.29, 1.82) is 0 Å². The zero-order chi connectivity index (χ0) is 36.2. The van der Waals surface area contributed by atoms with E-state index in [-0.39, 0.29) is 17.2 Å². The summed E-state index contributed by atoms with van der Waals surface area (Å²) in [6.07, 6.45) is -1.11. The fourth-order valence-electron chi connectivity index (χ4n) is 12.7. The number of aliphatic hydroxyl groups excluding tert-OH is 6. The fraction of sp³-hybridized carbons (Fsp3) is 0.949. The van der Waals surface area contributed by atoms with E-state index in [1.807, 2.05) is 0 Å². The van der Waals surface area contributed by atoms with Crippen LogP contribution in [0.15, 0.2) is 11.6 Å². The molecular formula is C39H63NO11. The lowest BCUT2D eigenvalue weighted by atomic mass is 9.47. The normalized spacial score (nSPS) is 58.4. The minimum absolute atomic E-state index is 0.0881. The molecule has 0 aromatic heterocycles. The zero-order valence-electron chi connectivity index (χ0n) is 31.0. The van der Waals surface area contributed by atoms with Gasteiger partial charge in [0.15, 0.2) is 12.6 Å². The predicted molar refractivity (Wildman–Crippen MR) is 184 cm³/mol. The van der Waals surface area contributed by atoms with Crippen molar-refractivity contribution in [2.75, 3.05) is 13.2 Å². The average Bonchev–Trinajstić information content (AvgIpc) is 3.56. The Hall–Kier alpha value is -0.740. The summed E-state index contributed by atoms with van der Waals surface area (Å²) in [7, 11) is 0. The fourth-order valence-corrected chi connectivity index (χ4v) is 12.7. The second-order valence-corrected chi connectivity index (χ2v) is 18.4. The second kappa shape index (κ2) is 13.5. The first-order valence-corrected chi connectivity index (χ1v) is 20.0. The largest absolute Gasteiger partial charge is 0.394 e. The van der Waals surface area contributed by atoms with Crippen LogP contribution in [-0.2, 0) is 23.7 Å². The predicted octanol–water partition coefficient (Wildman–Crippen LogP) is 1.96. The van der Waals surface area contributed by atoms with Crippen LogP contribution >= 0.6 is 0 Å². The molecule has 290 valence electrons. The van der Waals surface area contributed by atoms with E-state index in [1.165, 1.54) is 38.2 Å². The lowest BCUT2D eigenvalue weighted by molar-refractivity contribution is -0.360. The first kappa shape index (κ1) is 37.2. The Bertz CT molecular complexity index is 1310. The molecule has 3 saturated carbocycles. The number of hydrogen-bond donors (Lipinski definition) is 7.